The number of nitrogens with zero attached hydrogens (tertiary/aromatic N) is 3. The Labute approximate surface area is 111 Å². The first-order valence-corrected chi connectivity index (χ1v) is 6.16. The Morgan fingerprint density at radius 3 is 2.47 bits per heavy atom. The Bertz CT molecular complexity index is 630. The van der Waals surface area contributed by atoms with Crippen LogP contribution in [0.15, 0.2) is 18.5 Å². The summed E-state index contributed by atoms with van der Waals surface area (Å²) in [5, 5.41) is 17.5. The monoisotopic (exact) mass is 259 g/mol. The second-order valence-corrected chi connectivity index (χ2v) is 4.91. The first-order valence-electron chi connectivity index (χ1n) is 6.16. The van der Waals surface area contributed by atoms with Crippen molar-refractivity contribution >= 4 is 5.97 Å². The van der Waals surface area contributed by atoms with Crippen LogP contribution in [0.2, 0.25) is 0 Å². The van der Waals surface area contributed by atoms with Crippen LogP contribution in [0.3, 0.4) is 0 Å². The Morgan fingerprint density at radius 2 is 1.89 bits per heavy atom. The molecule has 0 unspecified atom stereocenters. The van der Waals surface area contributed by atoms with Crippen LogP contribution in [-0.4, -0.2) is 25.8 Å². The Kier molecular flexibility index (Phi) is 3.38. The zero-order valence-corrected chi connectivity index (χ0v) is 11.5. The van der Waals surface area contributed by atoms with E-state index in [0.29, 0.717) is 17.0 Å². The molecule has 100 valence electrons. The number of carboxylic acid groups (broad SMARTS) is 1. The molecule has 0 radical (unpaired) electrons. The maximum Gasteiger partial charge on any atom is 0.336 e. The van der Waals surface area contributed by atoms with Gasteiger partial charge in [0.05, 0.1) is 5.56 Å². The van der Waals surface area contributed by atoms with Gasteiger partial charge in [-0.3, -0.25) is 0 Å². The van der Waals surface area contributed by atoms with Crippen LogP contribution in [0.5, 0.6) is 0 Å². The molecule has 0 atom stereocenters. The summed E-state index contributed by atoms with van der Waals surface area (Å²) in [5.74, 6) is -0.330. The van der Waals surface area contributed by atoms with Gasteiger partial charge in [-0.05, 0) is 38.8 Å². The highest BCUT2D eigenvalue weighted by molar-refractivity contribution is 5.97. The van der Waals surface area contributed by atoms with Crippen LogP contribution in [0.25, 0.3) is 11.4 Å². The van der Waals surface area contributed by atoms with E-state index >= 15 is 0 Å². The summed E-state index contributed by atoms with van der Waals surface area (Å²) in [6.07, 6.45) is 1.63. The summed E-state index contributed by atoms with van der Waals surface area (Å²) in [7, 11) is 0. The molecule has 0 spiro atoms. The molecule has 5 nitrogen and oxygen atoms in total. The molecule has 0 amide bonds. The van der Waals surface area contributed by atoms with Gasteiger partial charge in [0.25, 0.3) is 0 Å². The molecule has 1 heterocycles. The third-order valence-electron chi connectivity index (χ3n) is 3.19. The predicted octanol–water partition coefficient (Wildman–Crippen LogP) is 2.84. The molecule has 0 saturated carbocycles. The highest BCUT2D eigenvalue weighted by atomic mass is 16.4. The van der Waals surface area contributed by atoms with Gasteiger partial charge in [0.2, 0.25) is 0 Å². The molecule has 2 rings (SSSR count). The molecule has 19 heavy (non-hydrogen) atoms. The first kappa shape index (κ1) is 13.3. The third-order valence-corrected chi connectivity index (χ3v) is 3.19. The fraction of sp³-hybridized carbons (Fsp3) is 0.357. The molecule has 0 aliphatic rings. The summed E-state index contributed by atoms with van der Waals surface area (Å²) in [4.78, 5) is 11.5. The lowest BCUT2D eigenvalue weighted by atomic mass is 9.96. The SMILES string of the molecule is Cc1ccc(C)c(-c2nncn2C(C)C)c1C(=O)O. The maximum absolute atomic E-state index is 11.5. The summed E-state index contributed by atoms with van der Waals surface area (Å²) < 4.78 is 1.88. The molecule has 0 saturated heterocycles. The van der Waals surface area contributed by atoms with Crippen molar-refractivity contribution < 1.29 is 9.90 Å². The predicted molar refractivity (Wildman–Crippen MR) is 72.3 cm³/mol. The average Bonchev–Trinajstić information content (AvgIpc) is 2.80. The lowest BCUT2D eigenvalue weighted by Crippen LogP contribution is -2.09. The van der Waals surface area contributed by atoms with Gasteiger partial charge in [-0.1, -0.05) is 12.1 Å². The van der Waals surface area contributed by atoms with E-state index in [1.54, 1.807) is 13.3 Å². The molecule has 0 aliphatic heterocycles. The van der Waals surface area contributed by atoms with Crippen molar-refractivity contribution in [3.63, 3.8) is 0 Å². The van der Waals surface area contributed by atoms with Crippen molar-refractivity contribution in [3.8, 4) is 11.4 Å². The number of carbonyl (C=O) groups is 1. The van der Waals surface area contributed by atoms with Crippen LogP contribution in [0, 0.1) is 13.8 Å². The minimum Gasteiger partial charge on any atom is -0.478 e. The standard InChI is InChI=1S/C14H17N3O2/c1-8(2)17-7-15-16-13(17)11-9(3)5-6-10(4)12(11)14(18)19/h5-8H,1-4H3,(H,18,19). The van der Waals surface area contributed by atoms with E-state index in [9.17, 15) is 9.90 Å². The molecule has 0 bridgehead atoms. The van der Waals surface area contributed by atoms with Crippen molar-refractivity contribution in [2.75, 3.05) is 0 Å². The lowest BCUT2D eigenvalue weighted by Gasteiger charge is -2.15. The van der Waals surface area contributed by atoms with Gasteiger partial charge in [0.1, 0.15) is 6.33 Å². The van der Waals surface area contributed by atoms with E-state index in [1.165, 1.54) is 0 Å². The second-order valence-electron chi connectivity index (χ2n) is 4.91. The van der Waals surface area contributed by atoms with Crippen molar-refractivity contribution in [2.45, 2.75) is 33.7 Å². The van der Waals surface area contributed by atoms with E-state index in [4.69, 9.17) is 0 Å². The molecule has 1 N–H and O–H groups in total. The van der Waals surface area contributed by atoms with E-state index in [1.807, 2.05) is 37.5 Å². The van der Waals surface area contributed by atoms with Gasteiger partial charge >= 0.3 is 5.97 Å². The van der Waals surface area contributed by atoms with Crippen molar-refractivity contribution in [1.29, 1.82) is 0 Å². The maximum atomic E-state index is 11.5. The third kappa shape index (κ3) is 2.23. The van der Waals surface area contributed by atoms with Gasteiger partial charge < -0.3 is 9.67 Å². The average molecular weight is 259 g/mol. The topological polar surface area (TPSA) is 68.0 Å². The van der Waals surface area contributed by atoms with E-state index in [0.717, 1.165) is 11.1 Å². The van der Waals surface area contributed by atoms with Crippen molar-refractivity contribution in [2.24, 2.45) is 0 Å². The minimum absolute atomic E-state index is 0.173. The fourth-order valence-corrected chi connectivity index (χ4v) is 2.17. The van der Waals surface area contributed by atoms with Crippen LogP contribution in [-0.2, 0) is 0 Å². The zero-order valence-electron chi connectivity index (χ0n) is 11.5. The molecule has 1 aromatic carbocycles. The summed E-state index contributed by atoms with van der Waals surface area (Å²) in [6.45, 7) is 7.71. The minimum atomic E-state index is -0.936. The molecular formula is C14H17N3O2. The number of aromatic carboxylic acids is 1. The van der Waals surface area contributed by atoms with Crippen molar-refractivity contribution in [3.05, 3.63) is 35.2 Å². The van der Waals surface area contributed by atoms with Crippen LogP contribution in [0.4, 0.5) is 0 Å². The first-order chi connectivity index (χ1) is 8.93. The van der Waals surface area contributed by atoms with E-state index in [2.05, 4.69) is 10.2 Å². The zero-order chi connectivity index (χ0) is 14.2. The van der Waals surface area contributed by atoms with Crippen molar-refractivity contribution in [1.82, 2.24) is 14.8 Å². The summed E-state index contributed by atoms with van der Waals surface area (Å²) >= 11 is 0. The number of carboxylic acids is 1. The normalized spacial score (nSPS) is 11.0. The molecular weight excluding hydrogens is 242 g/mol. The number of aromatic nitrogens is 3. The number of aryl methyl sites for hydroxylation is 2. The summed E-state index contributed by atoms with van der Waals surface area (Å²) in [5.41, 5.74) is 2.57. The molecule has 0 fully saturated rings. The molecule has 1 aromatic heterocycles. The van der Waals surface area contributed by atoms with Crippen LogP contribution in [0.1, 0.15) is 41.4 Å². The Hall–Kier alpha value is -2.17. The Balaban J connectivity index is 2.78. The van der Waals surface area contributed by atoms with E-state index in [-0.39, 0.29) is 6.04 Å². The fourth-order valence-electron chi connectivity index (χ4n) is 2.17. The quantitative estimate of drug-likeness (QED) is 0.920. The highest BCUT2D eigenvalue weighted by Crippen LogP contribution is 2.29. The largest absolute Gasteiger partial charge is 0.478 e. The highest BCUT2D eigenvalue weighted by Gasteiger charge is 2.21. The smallest absolute Gasteiger partial charge is 0.336 e. The van der Waals surface area contributed by atoms with Gasteiger partial charge in [-0.15, -0.1) is 10.2 Å². The lowest BCUT2D eigenvalue weighted by molar-refractivity contribution is 0.0696. The Morgan fingerprint density at radius 1 is 1.26 bits per heavy atom. The molecule has 5 heteroatoms. The number of hydrogen-bond acceptors (Lipinski definition) is 3. The number of hydrogen-bond donors (Lipinski definition) is 1. The van der Waals surface area contributed by atoms with Crippen LogP contribution >= 0.6 is 0 Å². The van der Waals surface area contributed by atoms with Gasteiger partial charge in [0, 0.05) is 11.6 Å². The van der Waals surface area contributed by atoms with Crippen LogP contribution < -0.4 is 0 Å². The van der Waals surface area contributed by atoms with Gasteiger partial charge in [-0.2, -0.15) is 0 Å². The van der Waals surface area contributed by atoms with E-state index < -0.39 is 5.97 Å². The molecule has 0 aliphatic carbocycles. The second kappa shape index (κ2) is 4.84. The summed E-state index contributed by atoms with van der Waals surface area (Å²) in [6, 6.07) is 3.90. The van der Waals surface area contributed by atoms with Gasteiger partial charge in [-0.25, -0.2) is 4.79 Å². The number of benzene rings is 1. The molecule has 2 aromatic rings. The number of rotatable bonds is 3. The van der Waals surface area contributed by atoms with Gasteiger partial charge in [0.15, 0.2) is 5.82 Å².